The van der Waals surface area contributed by atoms with Crippen molar-refractivity contribution < 1.29 is 4.79 Å². The zero-order valence-corrected chi connectivity index (χ0v) is 12.5. The van der Waals surface area contributed by atoms with E-state index in [1.165, 1.54) is 10.9 Å². The Balaban J connectivity index is 2.30. The highest BCUT2D eigenvalue weighted by atomic mass is 35.5. The molecule has 0 saturated heterocycles. The largest absolute Gasteiger partial charge is 0.389 e. The van der Waals surface area contributed by atoms with Crippen LogP contribution in [0.3, 0.4) is 0 Å². The summed E-state index contributed by atoms with van der Waals surface area (Å²) in [6, 6.07) is 5.10. The number of nitrogens with two attached hydrogens (primary N) is 1. The first kappa shape index (κ1) is 14.5. The predicted molar refractivity (Wildman–Crippen MR) is 83.2 cm³/mol. The number of hydrogen-bond acceptors (Lipinski definition) is 3. The third kappa shape index (κ3) is 2.81. The van der Waals surface area contributed by atoms with Crippen molar-refractivity contribution in [2.24, 2.45) is 12.8 Å². The number of carbonyl (C=O) groups excluding carboxylic acids is 1. The van der Waals surface area contributed by atoms with Gasteiger partial charge in [-0.25, -0.2) is 0 Å². The second-order valence-electron chi connectivity index (χ2n) is 4.31. The van der Waals surface area contributed by atoms with Crippen molar-refractivity contribution in [3.8, 4) is 0 Å². The number of halogens is 1. The minimum absolute atomic E-state index is 0.176. The molecule has 3 N–H and O–H groups in total. The van der Waals surface area contributed by atoms with Gasteiger partial charge in [0.1, 0.15) is 10.8 Å². The summed E-state index contributed by atoms with van der Waals surface area (Å²) < 4.78 is 1.50. The van der Waals surface area contributed by atoms with Crippen LogP contribution in [-0.2, 0) is 7.05 Å². The maximum atomic E-state index is 12.2. The Morgan fingerprint density at radius 3 is 2.80 bits per heavy atom. The number of nitrogens with one attached hydrogen (secondary N) is 1. The number of hydrogen-bond donors (Lipinski definition) is 2. The van der Waals surface area contributed by atoms with Gasteiger partial charge >= 0.3 is 0 Å². The van der Waals surface area contributed by atoms with E-state index >= 15 is 0 Å². The van der Waals surface area contributed by atoms with Gasteiger partial charge < -0.3 is 11.1 Å². The molecule has 5 nitrogen and oxygen atoms in total. The predicted octanol–water partition coefficient (Wildman–Crippen LogP) is 2.27. The topological polar surface area (TPSA) is 72.9 Å². The lowest BCUT2D eigenvalue weighted by atomic mass is 10.1. The van der Waals surface area contributed by atoms with Crippen LogP contribution in [0.15, 0.2) is 24.4 Å². The van der Waals surface area contributed by atoms with Crippen molar-refractivity contribution in [3.05, 3.63) is 46.1 Å². The molecule has 1 aromatic carbocycles. The lowest BCUT2D eigenvalue weighted by molar-refractivity contribution is 0.102. The standard InChI is InChI=1S/C13H13ClN4OS/c1-7-3-4-8(5-10(7)14)13(19)17-12-9(11(15)20)6-16-18(12)2/h3-6H,1-2H3,(H2,15,20)(H,17,19). The normalized spacial score (nSPS) is 10.3. The Morgan fingerprint density at radius 1 is 1.50 bits per heavy atom. The van der Waals surface area contributed by atoms with Gasteiger partial charge in [-0.15, -0.1) is 0 Å². The number of aryl methyl sites for hydroxylation is 2. The van der Waals surface area contributed by atoms with Gasteiger partial charge in [0.05, 0.1) is 11.8 Å². The number of rotatable bonds is 3. The lowest BCUT2D eigenvalue weighted by Crippen LogP contribution is -2.18. The van der Waals surface area contributed by atoms with Crippen LogP contribution in [0.1, 0.15) is 21.5 Å². The Labute approximate surface area is 126 Å². The van der Waals surface area contributed by atoms with Gasteiger partial charge in [0.2, 0.25) is 0 Å². The molecule has 0 aliphatic rings. The molecule has 20 heavy (non-hydrogen) atoms. The molecule has 1 aromatic heterocycles. The second-order valence-corrected chi connectivity index (χ2v) is 5.16. The summed E-state index contributed by atoms with van der Waals surface area (Å²) in [5.74, 6) is 0.159. The zero-order valence-electron chi connectivity index (χ0n) is 11.0. The molecule has 1 amide bonds. The number of anilines is 1. The Bertz CT molecular complexity index is 696. The molecule has 0 aliphatic heterocycles. The number of aromatic nitrogens is 2. The fraction of sp³-hybridized carbons (Fsp3) is 0.154. The number of thiocarbonyl (C=S) groups is 1. The number of nitrogens with zero attached hydrogens (tertiary/aromatic N) is 2. The molecular weight excluding hydrogens is 296 g/mol. The fourth-order valence-electron chi connectivity index (χ4n) is 1.68. The van der Waals surface area contributed by atoms with E-state index in [9.17, 15) is 4.79 Å². The monoisotopic (exact) mass is 308 g/mol. The Morgan fingerprint density at radius 2 is 2.20 bits per heavy atom. The summed E-state index contributed by atoms with van der Waals surface area (Å²) in [5.41, 5.74) is 7.48. The van der Waals surface area contributed by atoms with Gasteiger partial charge in [0.25, 0.3) is 5.91 Å². The zero-order chi connectivity index (χ0) is 14.9. The van der Waals surface area contributed by atoms with Crippen LogP contribution in [0.25, 0.3) is 0 Å². The molecule has 1 heterocycles. The van der Waals surface area contributed by atoms with Crippen LogP contribution >= 0.6 is 23.8 Å². The summed E-state index contributed by atoms with van der Waals surface area (Å²) in [7, 11) is 1.69. The molecule has 2 aromatic rings. The average molecular weight is 309 g/mol. The molecule has 0 spiro atoms. The van der Waals surface area contributed by atoms with Gasteiger partial charge in [0, 0.05) is 17.6 Å². The highest BCUT2D eigenvalue weighted by Crippen LogP contribution is 2.19. The molecule has 0 bridgehead atoms. The van der Waals surface area contributed by atoms with E-state index < -0.39 is 0 Å². The molecule has 2 rings (SSSR count). The molecule has 7 heteroatoms. The van der Waals surface area contributed by atoms with E-state index in [0.29, 0.717) is 22.0 Å². The quantitative estimate of drug-likeness (QED) is 0.853. The van der Waals surface area contributed by atoms with Gasteiger partial charge in [-0.3, -0.25) is 9.48 Å². The first-order chi connectivity index (χ1) is 9.40. The summed E-state index contributed by atoms with van der Waals surface area (Å²) in [6.45, 7) is 1.87. The summed E-state index contributed by atoms with van der Waals surface area (Å²) in [4.78, 5) is 12.4. The number of benzene rings is 1. The highest BCUT2D eigenvalue weighted by Gasteiger charge is 2.15. The SMILES string of the molecule is Cc1ccc(C(=O)Nc2c(C(N)=S)cnn2C)cc1Cl. The van der Waals surface area contributed by atoms with Crippen molar-refractivity contribution in [1.29, 1.82) is 0 Å². The molecule has 0 radical (unpaired) electrons. The Hall–Kier alpha value is -1.92. The van der Waals surface area contributed by atoms with Crippen molar-refractivity contribution >= 4 is 40.5 Å². The first-order valence-corrected chi connectivity index (χ1v) is 6.58. The van der Waals surface area contributed by atoms with Gasteiger partial charge in [-0.2, -0.15) is 5.10 Å². The molecule has 0 fully saturated rings. The van der Waals surface area contributed by atoms with Crippen LogP contribution in [0.4, 0.5) is 5.82 Å². The van der Waals surface area contributed by atoms with Gasteiger partial charge in [-0.1, -0.05) is 29.9 Å². The number of amides is 1. The molecule has 104 valence electrons. The molecule has 0 saturated carbocycles. The van der Waals surface area contributed by atoms with E-state index in [1.807, 2.05) is 6.92 Å². The minimum atomic E-state index is -0.298. The third-order valence-electron chi connectivity index (χ3n) is 2.87. The van der Waals surface area contributed by atoms with Crippen LogP contribution < -0.4 is 11.1 Å². The van der Waals surface area contributed by atoms with E-state index in [2.05, 4.69) is 10.4 Å². The summed E-state index contributed by atoms with van der Waals surface area (Å²) in [6.07, 6.45) is 1.51. The van der Waals surface area contributed by atoms with Crippen molar-refractivity contribution in [2.75, 3.05) is 5.32 Å². The maximum Gasteiger partial charge on any atom is 0.256 e. The van der Waals surface area contributed by atoms with Crippen LogP contribution in [0.5, 0.6) is 0 Å². The van der Waals surface area contributed by atoms with E-state index in [1.54, 1.807) is 25.2 Å². The van der Waals surface area contributed by atoms with E-state index in [0.717, 1.165) is 5.56 Å². The first-order valence-electron chi connectivity index (χ1n) is 5.79. The molecule has 0 aliphatic carbocycles. The van der Waals surface area contributed by atoms with Crippen LogP contribution in [-0.4, -0.2) is 20.7 Å². The van der Waals surface area contributed by atoms with Crippen LogP contribution in [0.2, 0.25) is 5.02 Å². The maximum absolute atomic E-state index is 12.2. The van der Waals surface area contributed by atoms with Crippen molar-refractivity contribution in [3.63, 3.8) is 0 Å². The van der Waals surface area contributed by atoms with Gasteiger partial charge in [0.15, 0.2) is 0 Å². The summed E-state index contributed by atoms with van der Waals surface area (Å²) >= 11 is 10.9. The van der Waals surface area contributed by atoms with E-state index in [4.69, 9.17) is 29.6 Å². The fourth-order valence-corrected chi connectivity index (χ4v) is 2.01. The molecule has 0 unspecified atom stereocenters. The second kappa shape index (κ2) is 5.60. The summed E-state index contributed by atoms with van der Waals surface area (Å²) in [5, 5.41) is 7.30. The third-order valence-corrected chi connectivity index (χ3v) is 3.50. The Kier molecular flexibility index (Phi) is 4.06. The van der Waals surface area contributed by atoms with Crippen LogP contribution in [0, 0.1) is 6.92 Å². The highest BCUT2D eigenvalue weighted by molar-refractivity contribution is 7.80. The minimum Gasteiger partial charge on any atom is -0.389 e. The molecule has 0 atom stereocenters. The molecular formula is C13H13ClN4OS. The van der Waals surface area contributed by atoms with Crippen molar-refractivity contribution in [2.45, 2.75) is 6.92 Å². The smallest absolute Gasteiger partial charge is 0.256 e. The average Bonchev–Trinajstić information content (AvgIpc) is 2.74. The lowest BCUT2D eigenvalue weighted by Gasteiger charge is -2.08. The number of carbonyl (C=O) groups is 1. The van der Waals surface area contributed by atoms with Gasteiger partial charge in [-0.05, 0) is 24.6 Å². The van der Waals surface area contributed by atoms with E-state index in [-0.39, 0.29) is 10.9 Å². The van der Waals surface area contributed by atoms with Crippen molar-refractivity contribution in [1.82, 2.24) is 9.78 Å².